The molecule has 0 aliphatic heterocycles. The van der Waals surface area contributed by atoms with Crippen molar-refractivity contribution in [1.29, 1.82) is 0 Å². The Bertz CT molecular complexity index is 795. The van der Waals surface area contributed by atoms with E-state index in [2.05, 4.69) is 31.9 Å². The topological polar surface area (TPSA) is 23.5 Å². The van der Waals surface area contributed by atoms with Crippen LogP contribution in [0.5, 0.6) is 0 Å². The van der Waals surface area contributed by atoms with E-state index in [1.54, 1.807) is 0 Å². The molecule has 0 amide bonds. The summed E-state index contributed by atoms with van der Waals surface area (Å²) in [6.07, 6.45) is 0. The highest BCUT2D eigenvalue weighted by molar-refractivity contribution is 9.10. The second kappa shape index (κ2) is 7.32. The third kappa shape index (κ3) is 3.66. The minimum atomic E-state index is -1.22. The Morgan fingerprint density at radius 1 is 0.640 bits per heavy atom. The van der Waals surface area contributed by atoms with E-state index in [1.807, 2.05) is 91.8 Å². The molecule has 0 aromatic heterocycles. The first-order valence-electron chi connectivity index (χ1n) is 7.93. The molecule has 0 spiro atoms. The average molecular weight is 461 g/mol. The lowest BCUT2D eigenvalue weighted by molar-refractivity contribution is 0.125. The molecule has 0 heterocycles. The molecule has 0 fully saturated rings. The fourth-order valence-corrected chi connectivity index (χ4v) is 3.41. The third-order valence-electron chi connectivity index (χ3n) is 4.33. The molecule has 128 valence electrons. The van der Waals surface area contributed by atoms with Crippen LogP contribution in [0.2, 0.25) is 0 Å². The van der Waals surface area contributed by atoms with Gasteiger partial charge in [0, 0.05) is 28.7 Å². The van der Waals surface area contributed by atoms with Gasteiger partial charge >= 0.3 is 0 Å². The zero-order valence-corrected chi connectivity index (χ0v) is 17.3. The summed E-state index contributed by atoms with van der Waals surface area (Å²) in [5.74, 6) is 0. The van der Waals surface area contributed by atoms with Crippen molar-refractivity contribution in [3.8, 4) is 0 Å². The predicted molar refractivity (Wildman–Crippen MR) is 111 cm³/mol. The molecule has 0 aliphatic carbocycles. The minimum absolute atomic E-state index is 0.829. The van der Waals surface area contributed by atoms with Crippen LogP contribution in [-0.2, 0) is 5.60 Å². The Hall–Kier alpha value is -1.62. The molecule has 0 saturated heterocycles. The third-order valence-corrected chi connectivity index (χ3v) is 5.38. The van der Waals surface area contributed by atoms with Gasteiger partial charge in [-0.25, -0.2) is 0 Å². The van der Waals surface area contributed by atoms with Gasteiger partial charge in [-0.2, -0.15) is 0 Å². The number of rotatable bonds is 4. The van der Waals surface area contributed by atoms with Gasteiger partial charge in [0.05, 0.1) is 0 Å². The Kier molecular flexibility index (Phi) is 5.32. The zero-order chi connectivity index (χ0) is 18.0. The van der Waals surface area contributed by atoms with Crippen LogP contribution in [0.15, 0.2) is 81.7 Å². The first kappa shape index (κ1) is 18.2. The molecule has 0 unspecified atom stereocenters. The van der Waals surface area contributed by atoms with E-state index in [0.717, 1.165) is 31.3 Å². The molecule has 2 nitrogen and oxygen atoms in total. The molecule has 0 radical (unpaired) electrons. The van der Waals surface area contributed by atoms with Gasteiger partial charge in [0.1, 0.15) is 5.60 Å². The van der Waals surface area contributed by atoms with Gasteiger partial charge in [0.15, 0.2) is 0 Å². The maximum absolute atomic E-state index is 11.8. The summed E-state index contributed by atoms with van der Waals surface area (Å²) < 4.78 is 1.97. The summed E-state index contributed by atoms with van der Waals surface area (Å²) in [5, 5.41) is 11.8. The lowest BCUT2D eigenvalue weighted by Gasteiger charge is -2.30. The van der Waals surface area contributed by atoms with E-state index < -0.39 is 5.60 Å². The molecule has 3 aromatic rings. The normalized spacial score (nSPS) is 11.4. The number of nitrogens with zero attached hydrogens (tertiary/aromatic N) is 1. The van der Waals surface area contributed by atoms with Crippen LogP contribution in [0.1, 0.15) is 16.7 Å². The van der Waals surface area contributed by atoms with E-state index >= 15 is 0 Å². The standard InChI is InChI=1S/C21H19Br2NO/c1-24(2)20-13-7-17(8-14-20)21(25,15-3-9-18(22)10-4-15)16-5-11-19(23)12-6-16/h3-14,25H,1-2H3. The van der Waals surface area contributed by atoms with Crippen molar-refractivity contribution < 1.29 is 5.11 Å². The van der Waals surface area contributed by atoms with Gasteiger partial charge in [-0.15, -0.1) is 0 Å². The highest BCUT2D eigenvalue weighted by Crippen LogP contribution is 2.38. The SMILES string of the molecule is CN(C)c1ccc(C(O)(c2ccc(Br)cc2)c2ccc(Br)cc2)cc1. The van der Waals surface area contributed by atoms with Crippen molar-refractivity contribution in [2.24, 2.45) is 0 Å². The van der Waals surface area contributed by atoms with E-state index in [1.165, 1.54) is 0 Å². The van der Waals surface area contributed by atoms with Crippen LogP contribution in [0.3, 0.4) is 0 Å². The second-order valence-corrected chi connectivity index (χ2v) is 8.00. The Balaban J connectivity index is 2.17. The highest BCUT2D eigenvalue weighted by Gasteiger charge is 2.33. The summed E-state index contributed by atoms with van der Waals surface area (Å²) in [6, 6.07) is 23.6. The number of hydrogen-bond acceptors (Lipinski definition) is 2. The van der Waals surface area contributed by atoms with Crippen LogP contribution >= 0.6 is 31.9 Å². The van der Waals surface area contributed by atoms with E-state index in [-0.39, 0.29) is 0 Å². The zero-order valence-electron chi connectivity index (χ0n) is 14.1. The molecule has 4 heteroatoms. The summed E-state index contributed by atoms with van der Waals surface area (Å²) in [6.45, 7) is 0. The van der Waals surface area contributed by atoms with Gasteiger partial charge in [-0.05, 0) is 53.1 Å². The molecule has 3 rings (SSSR count). The fraction of sp³-hybridized carbons (Fsp3) is 0.143. The Morgan fingerprint density at radius 3 is 1.28 bits per heavy atom. The van der Waals surface area contributed by atoms with E-state index in [4.69, 9.17) is 0 Å². The highest BCUT2D eigenvalue weighted by atomic mass is 79.9. The van der Waals surface area contributed by atoms with Crippen molar-refractivity contribution in [3.05, 3.63) is 98.4 Å². The van der Waals surface area contributed by atoms with Gasteiger partial charge < -0.3 is 10.0 Å². The molecular formula is C21H19Br2NO. The quantitative estimate of drug-likeness (QED) is 0.515. The van der Waals surface area contributed by atoms with Gasteiger partial charge in [-0.3, -0.25) is 0 Å². The van der Waals surface area contributed by atoms with Crippen LogP contribution in [-0.4, -0.2) is 19.2 Å². The van der Waals surface area contributed by atoms with Crippen molar-refractivity contribution in [2.75, 3.05) is 19.0 Å². The Labute approximate surface area is 165 Å². The maximum atomic E-state index is 11.8. The molecule has 0 atom stereocenters. The monoisotopic (exact) mass is 459 g/mol. The molecule has 25 heavy (non-hydrogen) atoms. The van der Waals surface area contributed by atoms with Gasteiger partial charge in [0.2, 0.25) is 0 Å². The molecular weight excluding hydrogens is 442 g/mol. The number of anilines is 1. The van der Waals surface area contributed by atoms with Crippen LogP contribution in [0, 0.1) is 0 Å². The second-order valence-electron chi connectivity index (χ2n) is 6.17. The lowest BCUT2D eigenvalue weighted by atomic mass is 9.80. The smallest absolute Gasteiger partial charge is 0.140 e. The average Bonchev–Trinajstić information content (AvgIpc) is 2.62. The minimum Gasteiger partial charge on any atom is -0.378 e. The maximum Gasteiger partial charge on any atom is 0.140 e. The van der Waals surface area contributed by atoms with Gasteiger partial charge in [0.25, 0.3) is 0 Å². The van der Waals surface area contributed by atoms with Gasteiger partial charge in [-0.1, -0.05) is 68.3 Å². The van der Waals surface area contributed by atoms with Crippen molar-refractivity contribution in [1.82, 2.24) is 0 Å². The number of halogens is 2. The summed E-state index contributed by atoms with van der Waals surface area (Å²) in [4.78, 5) is 2.04. The largest absolute Gasteiger partial charge is 0.378 e. The molecule has 0 bridgehead atoms. The first-order valence-corrected chi connectivity index (χ1v) is 9.52. The molecule has 1 N–H and O–H groups in total. The van der Waals surface area contributed by atoms with Crippen molar-refractivity contribution in [2.45, 2.75) is 5.60 Å². The van der Waals surface area contributed by atoms with Crippen molar-refractivity contribution >= 4 is 37.5 Å². The Morgan fingerprint density at radius 2 is 0.960 bits per heavy atom. The molecule has 3 aromatic carbocycles. The number of aliphatic hydroxyl groups is 1. The summed E-state index contributed by atoms with van der Waals surface area (Å²) in [5.41, 5.74) is 2.37. The van der Waals surface area contributed by atoms with Crippen molar-refractivity contribution in [3.63, 3.8) is 0 Å². The number of benzene rings is 3. The van der Waals surface area contributed by atoms with E-state index in [9.17, 15) is 5.11 Å². The molecule has 0 aliphatic rings. The van der Waals surface area contributed by atoms with Crippen LogP contribution < -0.4 is 4.90 Å². The van der Waals surface area contributed by atoms with Crippen LogP contribution in [0.4, 0.5) is 5.69 Å². The molecule has 0 saturated carbocycles. The van der Waals surface area contributed by atoms with E-state index in [0.29, 0.717) is 0 Å². The first-order chi connectivity index (χ1) is 11.9. The summed E-state index contributed by atoms with van der Waals surface area (Å²) in [7, 11) is 4.01. The number of hydrogen-bond donors (Lipinski definition) is 1. The summed E-state index contributed by atoms with van der Waals surface area (Å²) >= 11 is 6.93. The predicted octanol–water partition coefficient (Wildman–Crippen LogP) is 5.56. The van der Waals surface area contributed by atoms with Crippen LogP contribution in [0.25, 0.3) is 0 Å². The fourth-order valence-electron chi connectivity index (χ4n) is 2.88. The lowest BCUT2D eigenvalue weighted by Crippen LogP contribution is -2.28.